The molecule has 3 aromatic rings. The zero-order valence-electron chi connectivity index (χ0n) is 13.8. The third kappa shape index (κ3) is 4.25. The fraction of sp³-hybridized carbons (Fsp3) is 0.0526. The summed E-state index contributed by atoms with van der Waals surface area (Å²) in [6.07, 6.45) is 1.54. The molecule has 2 N–H and O–H groups in total. The van der Waals surface area contributed by atoms with Gasteiger partial charge < -0.3 is 15.4 Å². The van der Waals surface area contributed by atoms with Crippen LogP contribution < -0.4 is 15.4 Å². The molecule has 7 heteroatoms. The average molecular weight is 388 g/mol. The summed E-state index contributed by atoms with van der Waals surface area (Å²) >= 11 is 12.1. The number of aromatic nitrogens is 1. The van der Waals surface area contributed by atoms with Gasteiger partial charge in [0.25, 0.3) is 5.91 Å². The Balaban J connectivity index is 1.81. The Morgan fingerprint density at radius 2 is 1.85 bits per heavy atom. The maximum Gasteiger partial charge on any atom is 0.255 e. The maximum atomic E-state index is 12.6. The second-order valence-corrected chi connectivity index (χ2v) is 6.18. The van der Waals surface area contributed by atoms with Crippen LogP contribution >= 0.6 is 23.2 Å². The Morgan fingerprint density at radius 3 is 2.62 bits per heavy atom. The van der Waals surface area contributed by atoms with Crippen molar-refractivity contribution in [2.45, 2.75) is 0 Å². The molecule has 1 amide bonds. The third-order valence-corrected chi connectivity index (χ3v) is 4.13. The van der Waals surface area contributed by atoms with E-state index >= 15 is 0 Å². The molecule has 0 fully saturated rings. The highest BCUT2D eigenvalue weighted by atomic mass is 35.5. The lowest BCUT2D eigenvalue weighted by atomic mass is 10.2. The molecule has 0 aliphatic carbocycles. The van der Waals surface area contributed by atoms with Gasteiger partial charge in [0, 0.05) is 16.8 Å². The highest BCUT2D eigenvalue weighted by molar-refractivity contribution is 6.33. The number of pyridine rings is 1. The SMILES string of the molecule is COc1ccc(Cl)cc1NC(=O)c1ccnc(Nc2ccccc2Cl)c1. The average Bonchev–Trinajstić information content (AvgIpc) is 2.64. The van der Waals surface area contributed by atoms with E-state index in [4.69, 9.17) is 27.9 Å². The molecule has 5 nitrogen and oxygen atoms in total. The zero-order valence-corrected chi connectivity index (χ0v) is 15.3. The molecule has 0 unspecified atom stereocenters. The number of rotatable bonds is 5. The number of benzene rings is 2. The quantitative estimate of drug-likeness (QED) is 0.615. The van der Waals surface area contributed by atoms with Crippen molar-refractivity contribution in [3.05, 3.63) is 76.4 Å². The lowest BCUT2D eigenvalue weighted by Gasteiger charge is -2.12. The molecule has 0 saturated heterocycles. The van der Waals surface area contributed by atoms with Crippen molar-refractivity contribution in [1.29, 1.82) is 0 Å². The number of ether oxygens (including phenoxy) is 1. The number of amides is 1. The van der Waals surface area contributed by atoms with Gasteiger partial charge in [-0.25, -0.2) is 4.98 Å². The minimum absolute atomic E-state index is 0.310. The maximum absolute atomic E-state index is 12.6. The van der Waals surface area contributed by atoms with Crippen LogP contribution in [0.15, 0.2) is 60.8 Å². The molecule has 26 heavy (non-hydrogen) atoms. The van der Waals surface area contributed by atoms with Crippen molar-refractivity contribution in [2.24, 2.45) is 0 Å². The Bertz CT molecular complexity index is 948. The molecular weight excluding hydrogens is 373 g/mol. The fourth-order valence-corrected chi connectivity index (χ4v) is 2.67. The first-order valence-electron chi connectivity index (χ1n) is 7.69. The van der Waals surface area contributed by atoms with Gasteiger partial charge in [-0.3, -0.25) is 4.79 Å². The molecule has 0 bridgehead atoms. The van der Waals surface area contributed by atoms with Crippen LogP contribution in [-0.2, 0) is 0 Å². The van der Waals surface area contributed by atoms with Crippen molar-refractivity contribution in [3.63, 3.8) is 0 Å². The number of hydrogen-bond donors (Lipinski definition) is 2. The van der Waals surface area contributed by atoms with Crippen LogP contribution in [0.5, 0.6) is 5.75 Å². The molecule has 0 aliphatic heterocycles. The van der Waals surface area contributed by atoms with Crippen LogP contribution in [-0.4, -0.2) is 18.0 Å². The monoisotopic (exact) mass is 387 g/mol. The van der Waals surface area contributed by atoms with Gasteiger partial charge in [-0.1, -0.05) is 35.3 Å². The van der Waals surface area contributed by atoms with E-state index in [2.05, 4.69) is 15.6 Å². The molecule has 1 aromatic heterocycles. The number of anilines is 3. The van der Waals surface area contributed by atoms with Gasteiger partial charge in [0.1, 0.15) is 11.6 Å². The number of nitrogens with one attached hydrogen (secondary N) is 2. The highest BCUT2D eigenvalue weighted by Gasteiger charge is 2.12. The first-order chi connectivity index (χ1) is 12.6. The van der Waals surface area contributed by atoms with Gasteiger partial charge >= 0.3 is 0 Å². The van der Waals surface area contributed by atoms with Crippen molar-refractivity contribution in [1.82, 2.24) is 4.98 Å². The minimum Gasteiger partial charge on any atom is -0.495 e. The van der Waals surface area contributed by atoms with Gasteiger partial charge in [-0.15, -0.1) is 0 Å². The number of hydrogen-bond acceptors (Lipinski definition) is 4. The molecule has 0 radical (unpaired) electrons. The number of carbonyl (C=O) groups is 1. The summed E-state index contributed by atoms with van der Waals surface area (Å²) < 4.78 is 5.24. The van der Waals surface area contributed by atoms with Gasteiger partial charge in [0.15, 0.2) is 0 Å². The number of carbonyl (C=O) groups excluding carboxylic acids is 1. The molecule has 0 atom stereocenters. The second-order valence-electron chi connectivity index (χ2n) is 5.33. The van der Waals surface area contributed by atoms with Crippen LogP contribution in [0.1, 0.15) is 10.4 Å². The summed E-state index contributed by atoms with van der Waals surface area (Å²) in [6.45, 7) is 0. The van der Waals surface area contributed by atoms with E-state index in [9.17, 15) is 4.79 Å². The Hall–Kier alpha value is -2.76. The fourth-order valence-electron chi connectivity index (χ4n) is 2.31. The lowest BCUT2D eigenvalue weighted by molar-refractivity contribution is 0.102. The van der Waals surface area contributed by atoms with E-state index in [1.807, 2.05) is 18.2 Å². The summed E-state index contributed by atoms with van der Waals surface area (Å²) in [5, 5.41) is 6.95. The van der Waals surface area contributed by atoms with Crippen molar-refractivity contribution >= 4 is 46.3 Å². The van der Waals surface area contributed by atoms with Crippen molar-refractivity contribution in [3.8, 4) is 5.75 Å². The third-order valence-electron chi connectivity index (χ3n) is 3.57. The second kappa shape index (κ2) is 8.08. The number of nitrogens with zero attached hydrogens (tertiary/aromatic N) is 1. The normalized spacial score (nSPS) is 10.3. The smallest absolute Gasteiger partial charge is 0.255 e. The molecule has 132 valence electrons. The topological polar surface area (TPSA) is 63.2 Å². The Kier molecular flexibility index (Phi) is 5.61. The molecule has 1 heterocycles. The van der Waals surface area contributed by atoms with E-state index in [1.54, 1.807) is 42.6 Å². The van der Waals surface area contributed by atoms with Crippen molar-refractivity contribution in [2.75, 3.05) is 17.7 Å². The first kappa shape index (κ1) is 18.0. The van der Waals surface area contributed by atoms with Gasteiger partial charge in [-0.05, 0) is 42.5 Å². The van der Waals surface area contributed by atoms with E-state index in [0.29, 0.717) is 38.6 Å². The summed E-state index contributed by atoms with van der Waals surface area (Å²) in [5.74, 6) is 0.713. The predicted octanol–water partition coefficient (Wildman–Crippen LogP) is 5.39. The Morgan fingerprint density at radius 1 is 1.04 bits per heavy atom. The number of halogens is 2. The van der Waals surface area contributed by atoms with Gasteiger partial charge in [0.05, 0.1) is 23.5 Å². The lowest BCUT2D eigenvalue weighted by Crippen LogP contribution is -2.13. The standard InChI is InChI=1S/C19H15Cl2N3O2/c1-26-17-7-6-13(20)11-16(17)24-19(25)12-8-9-22-18(10-12)23-15-5-3-2-4-14(15)21/h2-11H,1H3,(H,22,23)(H,24,25). The van der Waals surface area contributed by atoms with E-state index in [-0.39, 0.29) is 5.91 Å². The molecule has 2 aromatic carbocycles. The highest BCUT2D eigenvalue weighted by Crippen LogP contribution is 2.28. The summed E-state index contributed by atoms with van der Waals surface area (Å²) in [5.41, 5.74) is 1.62. The van der Waals surface area contributed by atoms with Crippen LogP contribution in [0.2, 0.25) is 10.0 Å². The van der Waals surface area contributed by atoms with Crippen LogP contribution in [0.25, 0.3) is 0 Å². The summed E-state index contributed by atoms with van der Waals surface area (Å²) in [6, 6.07) is 15.5. The summed E-state index contributed by atoms with van der Waals surface area (Å²) in [4.78, 5) is 16.8. The van der Waals surface area contributed by atoms with Gasteiger partial charge in [-0.2, -0.15) is 0 Å². The predicted molar refractivity (Wildman–Crippen MR) is 105 cm³/mol. The first-order valence-corrected chi connectivity index (χ1v) is 8.45. The largest absolute Gasteiger partial charge is 0.495 e. The van der Waals surface area contributed by atoms with Crippen LogP contribution in [0, 0.1) is 0 Å². The molecular formula is C19H15Cl2N3O2. The molecule has 3 rings (SSSR count). The minimum atomic E-state index is -0.310. The van der Waals surface area contributed by atoms with E-state index in [0.717, 1.165) is 0 Å². The van der Waals surface area contributed by atoms with Gasteiger partial charge in [0.2, 0.25) is 0 Å². The molecule has 0 saturated carbocycles. The number of para-hydroxylation sites is 1. The Labute approximate surface area is 160 Å². The van der Waals surface area contributed by atoms with E-state index in [1.165, 1.54) is 7.11 Å². The molecule has 0 spiro atoms. The summed E-state index contributed by atoms with van der Waals surface area (Å²) in [7, 11) is 1.52. The number of methoxy groups -OCH3 is 1. The van der Waals surface area contributed by atoms with Crippen LogP contribution in [0.3, 0.4) is 0 Å². The molecule has 0 aliphatic rings. The zero-order chi connectivity index (χ0) is 18.5. The van der Waals surface area contributed by atoms with Crippen molar-refractivity contribution < 1.29 is 9.53 Å². The van der Waals surface area contributed by atoms with E-state index < -0.39 is 0 Å². The van der Waals surface area contributed by atoms with Crippen LogP contribution in [0.4, 0.5) is 17.2 Å².